The molecule has 0 saturated carbocycles. The van der Waals surface area contributed by atoms with E-state index in [1.165, 1.54) is 18.1 Å². The summed E-state index contributed by atoms with van der Waals surface area (Å²) in [5.74, 6) is 5.81. The number of methoxy groups -OCH3 is 1. The Morgan fingerprint density at radius 3 is 2.24 bits per heavy atom. The van der Waals surface area contributed by atoms with Crippen molar-refractivity contribution in [2.45, 2.75) is 38.9 Å². The van der Waals surface area contributed by atoms with E-state index in [1.807, 2.05) is 42.5 Å². The molecule has 0 bridgehead atoms. The van der Waals surface area contributed by atoms with Crippen molar-refractivity contribution in [2.75, 3.05) is 12.8 Å². The second kappa shape index (κ2) is 12.8. The van der Waals surface area contributed by atoms with Gasteiger partial charge in [0.25, 0.3) is 0 Å². The molecule has 0 saturated heterocycles. The van der Waals surface area contributed by atoms with Crippen LogP contribution < -0.4 is 15.2 Å². The SMILES string of the molecule is CC[Si](C#Cc1ccc(-c2nnc(N)c3cccc(-c4ccc(Oc5ccnc6cc(OC)cnc56)cc4)c23)cc1)(CC)CC. The van der Waals surface area contributed by atoms with Gasteiger partial charge in [0.1, 0.15) is 30.8 Å². The predicted molar refractivity (Wildman–Crippen MR) is 185 cm³/mol. The molecule has 6 aromatic rings. The standard InChI is InChI=1S/C37H35N5O2Si/c1-5-45(6-2,7-3)22-20-25-11-13-27(14-12-25)35-34-30(9-8-10-31(34)37(38)42-41-35)26-15-17-28(18-16-26)44-33-19-21-39-32-23-29(43-4)24-40-36(32)33/h8-19,21,23-24H,5-7H2,1-4H3,(H2,38,42). The van der Waals surface area contributed by atoms with E-state index in [9.17, 15) is 0 Å². The van der Waals surface area contributed by atoms with Crippen molar-refractivity contribution in [3.63, 3.8) is 0 Å². The van der Waals surface area contributed by atoms with E-state index in [0.717, 1.165) is 38.7 Å². The zero-order chi connectivity index (χ0) is 31.4. The molecule has 0 amide bonds. The molecular weight excluding hydrogens is 575 g/mol. The summed E-state index contributed by atoms with van der Waals surface area (Å²) in [6, 6.07) is 29.5. The van der Waals surface area contributed by atoms with Crippen LogP contribution in [0.1, 0.15) is 26.3 Å². The molecule has 7 nitrogen and oxygen atoms in total. The Hall–Kier alpha value is -5.26. The van der Waals surface area contributed by atoms with Gasteiger partial charge in [-0.15, -0.1) is 15.7 Å². The monoisotopic (exact) mass is 609 g/mol. The number of nitrogens with zero attached hydrogens (tertiary/aromatic N) is 4. The second-order valence-electron chi connectivity index (χ2n) is 11.0. The van der Waals surface area contributed by atoms with Gasteiger partial charge in [-0.25, -0.2) is 4.98 Å². The molecule has 6 rings (SSSR count). The fourth-order valence-corrected chi connectivity index (χ4v) is 8.05. The lowest BCUT2D eigenvalue weighted by atomic mass is 9.95. The first-order valence-electron chi connectivity index (χ1n) is 15.2. The Labute approximate surface area is 264 Å². The molecule has 0 fully saturated rings. The molecule has 0 unspecified atom stereocenters. The Balaban J connectivity index is 1.34. The van der Waals surface area contributed by atoms with Crippen LogP contribution in [-0.2, 0) is 0 Å². The summed E-state index contributed by atoms with van der Waals surface area (Å²) >= 11 is 0. The molecule has 224 valence electrons. The first-order chi connectivity index (χ1) is 22.0. The van der Waals surface area contributed by atoms with Crippen molar-refractivity contribution < 1.29 is 9.47 Å². The number of nitrogen functional groups attached to an aromatic ring is 1. The minimum absolute atomic E-state index is 0.395. The van der Waals surface area contributed by atoms with Gasteiger partial charge in [0.2, 0.25) is 0 Å². The van der Waals surface area contributed by atoms with E-state index in [4.69, 9.17) is 15.2 Å². The van der Waals surface area contributed by atoms with Gasteiger partial charge < -0.3 is 15.2 Å². The summed E-state index contributed by atoms with van der Waals surface area (Å²) in [6.07, 6.45) is 3.36. The van der Waals surface area contributed by atoms with Crippen LogP contribution in [0.5, 0.6) is 17.2 Å². The summed E-state index contributed by atoms with van der Waals surface area (Å²) < 4.78 is 11.5. The number of ether oxygens (including phenoxy) is 2. The third kappa shape index (κ3) is 5.95. The molecule has 0 aliphatic heterocycles. The van der Waals surface area contributed by atoms with E-state index < -0.39 is 8.07 Å². The number of benzene rings is 3. The van der Waals surface area contributed by atoms with E-state index in [1.54, 1.807) is 25.6 Å². The normalized spacial score (nSPS) is 11.3. The molecule has 3 heterocycles. The molecule has 3 aromatic carbocycles. The van der Waals surface area contributed by atoms with Crippen LogP contribution in [0, 0.1) is 11.5 Å². The van der Waals surface area contributed by atoms with Gasteiger partial charge in [0.05, 0.1) is 18.8 Å². The first-order valence-corrected chi connectivity index (χ1v) is 17.8. The average Bonchev–Trinajstić information content (AvgIpc) is 3.10. The number of pyridine rings is 2. The Morgan fingerprint density at radius 1 is 0.800 bits per heavy atom. The number of aromatic nitrogens is 4. The van der Waals surface area contributed by atoms with Gasteiger partial charge in [-0.2, -0.15) is 0 Å². The molecule has 0 spiro atoms. The highest BCUT2D eigenvalue weighted by atomic mass is 28.3. The largest absolute Gasteiger partial charge is 0.495 e. The molecule has 45 heavy (non-hydrogen) atoms. The number of rotatable bonds is 8. The van der Waals surface area contributed by atoms with Crippen molar-refractivity contribution in [1.82, 2.24) is 20.2 Å². The topological polar surface area (TPSA) is 96.0 Å². The Bertz CT molecular complexity index is 2040. The molecular formula is C37H35N5O2Si. The highest BCUT2D eigenvalue weighted by Gasteiger charge is 2.24. The van der Waals surface area contributed by atoms with Crippen molar-refractivity contribution in [3.8, 4) is 51.1 Å². The quantitative estimate of drug-likeness (QED) is 0.136. The molecule has 0 atom stereocenters. The number of hydrogen-bond acceptors (Lipinski definition) is 7. The number of anilines is 1. The number of hydrogen-bond donors (Lipinski definition) is 1. The highest BCUT2D eigenvalue weighted by molar-refractivity contribution is 6.87. The van der Waals surface area contributed by atoms with E-state index in [0.29, 0.717) is 34.1 Å². The Kier molecular flexibility index (Phi) is 8.45. The summed E-state index contributed by atoms with van der Waals surface area (Å²) in [5.41, 5.74) is 16.2. The summed E-state index contributed by atoms with van der Waals surface area (Å²) in [7, 11) is 0.0814. The van der Waals surface area contributed by atoms with Gasteiger partial charge in [-0.3, -0.25) is 4.98 Å². The molecule has 8 heteroatoms. The maximum absolute atomic E-state index is 6.34. The lowest BCUT2D eigenvalue weighted by Crippen LogP contribution is -2.29. The first kappa shape index (κ1) is 29.8. The number of fused-ring (bicyclic) bond motifs is 2. The van der Waals surface area contributed by atoms with Crippen molar-refractivity contribution >= 4 is 35.7 Å². The number of nitrogens with two attached hydrogens (primary N) is 1. The maximum atomic E-state index is 6.34. The maximum Gasteiger partial charge on any atom is 0.156 e. The molecule has 2 N–H and O–H groups in total. The van der Waals surface area contributed by atoms with E-state index >= 15 is 0 Å². The highest BCUT2D eigenvalue weighted by Crippen LogP contribution is 2.38. The van der Waals surface area contributed by atoms with Crippen molar-refractivity contribution in [3.05, 3.63) is 96.8 Å². The lowest BCUT2D eigenvalue weighted by Gasteiger charge is -2.20. The smallest absolute Gasteiger partial charge is 0.156 e. The summed E-state index contributed by atoms with van der Waals surface area (Å²) in [4.78, 5) is 8.89. The van der Waals surface area contributed by atoms with E-state index in [-0.39, 0.29) is 0 Å². The third-order valence-corrected chi connectivity index (χ3v) is 13.4. The molecule has 3 aromatic heterocycles. The summed E-state index contributed by atoms with van der Waals surface area (Å²) in [5, 5.41) is 10.7. The van der Waals surface area contributed by atoms with Gasteiger partial charge in [0, 0.05) is 40.2 Å². The summed E-state index contributed by atoms with van der Waals surface area (Å²) in [6.45, 7) is 6.83. The van der Waals surface area contributed by atoms with Crippen LogP contribution in [-0.4, -0.2) is 35.3 Å². The van der Waals surface area contributed by atoms with Crippen LogP contribution in [0.3, 0.4) is 0 Å². The zero-order valence-electron chi connectivity index (χ0n) is 26.0. The van der Waals surface area contributed by atoms with Gasteiger partial charge in [-0.1, -0.05) is 69.2 Å². The fourth-order valence-electron chi connectivity index (χ4n) is 5.61. The van der Waals surface area contributed by atoms with Gasteiger partial charge in [-0.05, 0) is 53.5 Å². The molecule has 0 radical (unpaired) electrons. The molecule has 0 aliphatic carbocycles. The zero-order valence-corrected chi connectivity index (χ0v) is 27.0. The average molecular weight is 610 g/mol. The minimum atomic E-state index is -1.52. The van der Waals surface area contributed by atoms with Crippen LogP contribution in [0.2, 0.25) is 18.1 Å². The minimum Gasteiger partial charge on any atom is -0.495 e. The van der Waals surface area contributed by atoms with Crippen LogP contribution in [0.4, 0.5) is 5.82 Å². The fraction of sp³-hybridized carbons (Fsp3) is 0.189. The van der Waals surface area contributed by atoms with Crippen LogP contribution in [0.15, 0.2) is 91.3 Å². The van der Waals surface area contributed by atoms with Crippen LogP contribution in [0.25, 0.3) is 44.2 Å². The Morgan fingerprint density at radius 2 is 1.53 bits per heavy atom. The second-order valence-corrected chi connectivity index (χ2v) is 15.9. The predicted octanol–water partition coefficient (Wildman–Crippen LogP) is 8.69. The lowest BCUT2D eigenvalue weighted by molar-refractivity contribution is 0.413. The van der Waals surface area contributed by atoms with Crippen molar-refractivity contribution in [2.24, 2.45) is 0 Å². The van der Waals surface area contributed by atoms with E-state index in [2.05, 4.69) is 82.7 Å². The van der Waals surface area contributed by atoms with Gasteiger partial charge >= 0.3 is 0 Å². The van der Waals surface area contributed by atoms with Crippen LogP contribution >= 0.6 is 0 Å². The molecule has 0 aliphatic rings. The van der Waals surface area contributed by atoms with Crippen molar-refractivity contribution in [1.29, 1.82) is 0 Å². The third-order valence-electron chi connectivity index (χ3n) is 8.64. The van der Waals surface area contributed by atoms with Gasteiger partial charge in [0.15, 0.2) is 11.6 Å².